The lowest BCUT2D eigenvalue weighted by atomic mass is 10.1. The van der Waals surface area contributed by atoms with Crippen molar-refractivity contribution in [1.29, 1.82) is 0 Å². The highest BCUT2D eigenvalue weighted by Crippen LogP contribution is 2.14. The van der Waals surface area contributed by atoms with Crippen LogP contribution in [-0.4, -0.2) is 20.7 Å². The van der Waals surface area contributed by atoms with Crippen molar-refractivity contribution in [2.24, 2.45) is 5.92 Å². The van der Waals surface area contributed by atoms with Gasteiger partial charge in [0.25, 0.3) is 5.56 Å². The number of nitrogens with zero attached hydrogens (tertiary/aromatic N) is 3. The minimum Gasteiger partial charge on any atom is -0.352 e. The van der Waals surface area contributed by atoms with Gasteiger partial charge in [-0.3, -0.25) is 14.6 Å². The van der Waals surface area contributed by atoms with E-state index in [9.17, 15) is 9.59 Å². The van der Waals surface area contributed by atoms with E-state index in [2.05, 4.69) is 15.4 Å². The highest BCUT2D eigenvalue weighted by Gasteiger charge is 2.14. The molecule has 134 valence electrons. The van der Waals surface area contributed by atoms with Crippen LogP contribution >= 0.6 is 0 Å². The number of aromatic nitrogens is 3. The molecule has 3 aromatic rings. The second-order valence-corrected chi connectivity index (χ2v) is 6.68. The van der Waals surface area contributed by atoms with Crippen LogP contribution in [0.3, 0.4) is 0 Å². The Morgan fingerprint density at radius 3 is 2.50 bits per heavy atom. The molecule has 0 aliphatic heterocycles. The van der Waals surface area contributed by atoms with E-state index in [0.717, 1.165) is 10.9 Å². The maximum absolute atomic E-state index is 12.6. The van der Waals surface area contributed by atoms with Crippen molar-refractivity contribution in [1.82, 2.24) is 20.1 Å². The first-order chi connectivity index (χ1) is 12.5. The van der Waals surface area contributed by atoms with Gasteiger partial charge < -0.3 is 5.32 Å². The molecule has 6 heteroatoms. The minimum absolute atomic E-state index is 0.116. The normalized spacial score (nSPS) is 11.0. The zero-order chi connectivity index (χ0) is 18.5. The first kappa shape index (κ1) is 17.8. The Balaban J connectivity index is 1.85. The van der Waals surface area contributed by atoms with Gasteiger partial charge in [-0.25, -0.2) is 4.68 Å². The molecule has 0 saturated heterocycles. The smallest absolute Gasteiger partial charge is 0.274 e. The Morgan fingerprint density at radius 1 is 1.12 bits per heavy atom. The van der Waals surface area contributed by atoms with Crippen molar-refractivity contribution in [3.05, 3.63) is 70.4 Å². The third-order valence-corrected chi connectivity index (χ3v) is 4.05. The van der Waals surface area contributed by atoms with Gasteiger partial charge in [0, 0.05) is 30.9 Å². The van der Waals surface area contributed by atoms with E-state index < -0.39 is 0 Å². The molecule has 26 heavy (non-hydrogen) atoms. The summed E-state index contributed by atoms with van der Waals surface area (Å²) in [4.78, 5) is 29.0. The summed E-state index contributed by atoms with van der Waals surface area (Å²) < 4.78 is 1.47. The highest BCUT2D eigenvalue weighted by molar-refractivity contribution is 5.88. The second kappa shape index (κ2) is 7.91. The van der Waals surface area contributed by atoms with Gasteiger partial charge in [0.05, 0.1) is 17.5 Å². The Bertz CT molecular complexity index is 964. The molecule has 0 aliphatic carbocycles. The van der Waals surface area contributed by atoms with Crippen LogP contribution in [0.5, 0.6) is 0 Å². The first-order valence-electron chi connectivity index (χ1n) is 8.69. The van der Waals surface area contributed by atoms with Crippen LogP contribution in [0.2, 0.25) is 0 Å². The van der Waals surface area contributed by atoms with Gasteiger partial charge in [-0.2, -0.15) is 5.10 Å². The van der Waals surface area contributed by atoms with Gasteiger partial charge in [0.1, 0.15) is 0 Å². The molecule has 1 amide bonds. The van der Waals surface area contributed by atoms with Gasteiger partial charge in [-0.15, -0.1) is 0 Å². The second-order valence-electron chi connectivity index (χ2n) is 6.68. The van der Waals surface area contributed by atoms with Crippen LogP contribution < -0.4 is 10.9 Å². The predicted octanol–water partition coefficient (Wildman–Crippen LogP) is 2.31. The van der Waals surface area contributed by atoms with Crippen molar-refractivity contribution < 1.29 is 4.79 Å². The van der Waals surface area contributed by atoms with Gasteiger partial charge in [0.15, 0.2) is 0 Å². The number of nitrogens with one attached hydrogen (secondary N) is 1. The van der Waals surface area contributed by atoms with Crippen molar-refractivity contribution in [3.8, 4) is 0 Å². The average Bonchev–Trinajstić information content (AvgIpc) is 2.64. The minimum atomic E-state index is -0.130. The molecule has 0 fully saturated rings. The molecule has 0 radical (unpaired) electrons. The fourth-order valence-corrected chi connectivity index (χ4v) is 2.82. The Kier molecular flexibility index (Phi) is 5.41. The molecule has 0 unspecified atom stereocenters. The van der Waals surface area contributed by atoms with Gasteiger partial charge in [-0.05, 0) is 29.7 Å². The van der Waals surface area contributed by atoms with Gasteiger partial charge in [-0.1, -0.05) is 32.0 Å². The molecule has 3 rings (SSSR count). The van der Waals surface area contributed by atoms with Crippen LogP contribution in [0.15, 0.2) is 53.6 Å². The molecule has 6 nitrogen and oxygen atoms in total. The molecular weight excluding hydrogens is 328 g/mol. The van der Waals surface area contributed by atoms with Crippen molar-refractivity contribution in [2.45, 2.75) is 33.4 Å². The maximum Gasteiger partial charge on any atom is 0.274 e. The third-order valence-electron chi connectivity index (χ3n) is 4.05. The molecule has 0 atom stereocenters. The number of amides is 1. The van der Waals surface area contributed by atoms with E-state index >= 15 is 0 Å². The molecule has 1 N–H and O–H groups in total. The number of benzene rings is 1. The van der Waals surface area contributed by atoms with Gasteiger partial charge >= 0.3 is 0 Å². The molecule has 0 spiro atoms. The molecule has 2 heterocycles. The molecule has 0 saturated carbocycles. The van der Waals surface area contributed by atoms with Crippen LogP contribution in [0.4, 0.5) is 0 Å². The summed E-state index contributed by atoms with van der Waals surface area (Å²) in [5.74, 6) is 0.156. The maximum atomic E-state index is 12.6. The highest BCUT2D eigenvalue weighted by atomic mass is 16.1. The lowest BCUT2D eigenvalue weighted by molar-refractivity contribution is -0.120. The SMILES string of the molecule is CC(C)Cn1nc(CC(=O)NCc2ccncc2)c2ccccc2c1=O. The van der Waals surface area contributed by atoms with E-state index in [0.29, 0.717) is 24.2 Å². The largest absolute Gasteiger partial charge is 0.352 e. The van der Waals surface area contributed by atoms with Crippen molar-refractivity contribution in [3.63, 3.8) is 0 Å². The lowest BCUT2D eigenvalue weighted by Crippen LogP contribution is -2.29. The summed E-state index contributed by atoms with van der Waals surface area (Å²) in [6.45, 7) is 5.02. The summed E-state index contributed by atoms with van der Waals surface area (Å²) in [5.41, 5.74) is 1.49. The van der Waals surface area contributed by atoms with Crippen LogP contribution in [0.25, 0.3) is 10.8 Å². The first-order valence-corrected chi connectivity index (χ1v) is 8.69. The summed E-state index contributed by atoms with van der Waals surface area (Å²) in [6, 6.07) is 11.0. The molecular formula is C20H22N4O2. The van der Waals surface area contributed by atoms with Gasteiger partial charge in [0.2, 0.25) is 5.91 Å². The van der Waals surface area contributed by atoms with Crippen molar-refractivity contribution in [2.75, 3.05) is 0 Å². The van der Waals surface area contributed by atoms with Crippen LogP contribution in [0.1, 0.15) is 25.1 Å². The van der Waals surface area contributed by atoms with E-state index in [-0.39, 0.29) is 23.8 Å². The van der Waals surface area contributed by atoms with Crippen molar-refractivity contribution >= 4 is 16.7 Å². The summed E-state index contributed by atoms with van der Waals surface area (Å²) in [6.07, 6.45) is 3.51. The Hall–Kier alpha value is -3.02. The predicted molar refractivity (Wildman–Crippen MR) is 101 cm³/mol. The number of hydrogen-bond donors (Lipinski definition) is 1. The quantitative estimate of drug-likeness (QED) is 0.740. The summed E-state index contributed by atoms with van der Waals surface area (Å²) in [7, 11) is 0. The van der Waals surface area contributed by atoms with Crippen LogP contribution in [-0.2, 0) is 24.3 Å². The summed E-state index contributed by atoms with van der Waals surface area (Å²) >= 11 is 0. The third kappa shape index (κ3) is 4.14. The number of carbonyl (C=O) groups is 1. The Morgan fingerprint density at radius 2 is 1.81 bits per heavy atom. The van der Waals surface area contributed by atoms with E-state index in [1.165, 1.54) is 4.68 Å². The zero-order valence-corrected chi connectivity index (χ0v) is 15.0. The number of pyridine rings is 1. The van der Waals surface area contributed by atoms with Crippen LogP contribution in [0, 0.1) is 5.92 Å². The molecule has 0 bridgehead atoms. The number of fused-ring (bicyclic) bond motifs is 1. The van der Waals surface area contributed by atoms with E-state index in [4.69, 9.17) is 0 Å². The number of hydrogen-bond acceptors (Lipinski definition) is 4. The fraction of sp³-hybridized carbons (Fsp3) is 0.300. The molecule has 2 aromatic heterocycles. The standard InChI is InChI=1S/C20H22N4O2/c1-14(2)13-24-20(26)17-6-4-3-5-16(17)18(23-24)11-19(25)22-12-15-7-9-21-10-8-15/h3-10,14H,11-13H2,1-2H3,(H,22,25). The van der Waals surface area contributed by atoms with E-state index in [1.807, 2.05) is 44.2 Å². The molecule has 1 aromatic carbocycles. The van der Waals surface area contributed by atoms with E-state index in [1.54, 1.807) is 18.5 Å². The lowest BCUT2D eigenvalue weighted by Gasteiger charge is -2.12. The monoisotopic (exact) mass is 350 g/mol. The molecule has 0 aliphatic rings. The number of carbonyl (C=O) groups excluding carboxylic acids is 1. The number of rotatable bonds is 6. The summed E-state index contributed by atoms with van der Waals surface area (Å²) in [5, 5.41) is 8.69. The average molecular weight is 350 g/mol. The topological polar surface area (TPSA) is 76.9 Å². The fourth-order valence-electron chi connectivity index (χ4n) is 2.82. The Labute approximate surface area is 151 Å². The zero-order valence-electron chi connectivity index (χ0n) is 15.0.